The first-order chi connectivity index (χ1) is 18.6. The number of nitrogens with zero attached hydrogens (tertiary/aromatic N) is 4. The minimum Gasteiger partial charge on any atom is -0.486 e. The van der Waals surface area contributed by atoms with Crippen molar-refractivity contribution >= 4 is 40.0 Å². The Bertz CT molecular complexity index is 1490. The molecule has 4 heterocycles. The number of carbonyl (C=O) groups excluding carboxylic acids is 1. The number of nitrogens with one attached hydrogen (secondary N) is 2. The second kappa shape index (κ2) is 10.5. The van der Waals surface area contributed by atoms with E-state index in [9.17, 15) is 4.79 Å². The number of rotatable bonds is 8. The predicted octanol–water partition coefficient (Wildman–Crippen LogP) is 6.10. The van der Waals surface area contributed by atoms with Crippen LogP contribution >= 0.6 is 11.6 Å². The van der Waals surface area contributed by atoms with Crippen LogP contribution in [0.4, 0.5) is 11.5 Å². The van der Waals surface area contributed by atoms with Crippen molar-refractivity contribution in [3.05, 3.63) is 83.6 Å². The molecule has 0 atom stereocenters. The van der Waals surface area contributed by atoms with E-state index in [0.717, 1.165) is 46.5 Å². The van der Waals surface area contributed by atoms with Crippen LogP contribution in [0, 0.1) is 0 Å². The number of likely N-dealkylation sites (tertiary alicyclic amines) is 1. The third kappa shape index (κ3) is 5.09. The van der Waals surface area contributed by atoms with Crippen molar-refractivity contribution in [3.63, 3.8) is 0 Å². The fourth-order valence-corrected chi connectivity index (χ4v) is 5.35. The van der Waals surface area contributed by atoms with E-state index in [1.807, 2.05) is 41.4 Å². The molecule has 0 bridgehead atoms. The van der Waals surface area contributed by atoms with Crippen LogP contribution in [0.5, 0.6) is 5.75 Å². The van der Waals surface area contributed by atoms with E-state index in [1.54, 1.807) is 0 Å². The Morgan fingerprint density at radius 2 is 2.00 bits per heavy atom. The lowest BCUT2D eigenvalue weighted by atomic mass is 9.89. The van der Waals surface area contributed by atoms with Gasteiger partial charge in [-0.1, -0.05) is 24.2 Å². The van der Waals surface area contributed by atoms with Gasteiger partial charge >= 0.3 is 0 Å². The highest BCUT2D eigenvalue weighted by Gasteiger charge is 2.26. The number of hydrogen-bond donors (Lipinski definition) is 2. The molecule has 1 amide bonds. The normalized spacial score (nSPS) is 16.0. The first-order valence-corrected chi connectivity index (χ1v) is 13.4. The van der Waals surface area contributed by atoms with Gasteiger partial charge in [-0.2, -0.15) is 0 Å². The molecule has 0 unspecified atom stereocenters. The van der Waals surface area contributed by atoms with Gasteiger partial charge in [-0.05, 0) is 73.6 Å². The summed E-state index contributed by atoms with van der Waals surface area (Å²) in [7, 11) is 0. The van der Waals surface area contributed by atoms with Gasteiger partial charge in [0, 0.05) is 36.6 Å². The van der Waals surface area contributed by atoms with Crippen LogP contribution in [-0.2, 0) is 11.4 Å². The topological polar surface area (TPSA) is 96.0 Å². The van der Waals surface area contributed by atoms with E-state index in [-0.39, 0.29) is 5.91 Å². The van der Waals surface area contributed by atoms with Gasteiger partial charge in [0.05, 0.1) is 16.1 Å². The average Bonchev–Trinajstić information content (AvgIpc) is 3.71. The summed E-state index contributed by atoms with van der Waals surface area (Å²) in [5.41, 5.74) is 4.77. The van der Waals surface area contributed by atoms with E-state index in [4.69, 9.17) is 21.3 Å². The SMILES string of the molecule is C=CC(=O)N1CCC(c2c[nH]c3ncnc(Nc4ccc(OCc5cccc(C6CC6)n5)c(Cl)c4)c23)CC1. The zero-order valence-electron chi connectivity index (χ0n) is 21.0. The molecule has 6 rings (SSSR count). The van der Waals surface area contributed by atoms with Gasteiger partial charge in [-0.25, -0.2) is 9.97 Å². The number of hydrogen-bond acceptors (Lipinski definition) is 6. The number of fused-ring (bicyclic) bond motifs is 1. The van der Waals surface area contributed by atoms with Gasteiger partial charge < -0.3 is 19.9 Å². The summed E-state index contributed by atoms with van der Waals surface area (Å²) in [6, 6.07) is 11.7. The molecule has 3 aromatic heterocycles. The maximum absolute atomic E-state index is 12.0. The fraction of sp³-hybridized carbons (Fsp3) is 0.310. The molecule has 2 aliphatic rings. The quantitative estimate of drug-likeness (QED) is 0.268. The van der Waals surface area contributed by atoms with E-state index in [2.05, 4.69) is 32.9 Å². The molecule has 8 nitrogen and oxygen atoms in total. The molecular weight excluding hydrogens is 500 g/mol. The van der Waals surface area contributed by atoms with E-state index in [1.165, 1.54) is 25.2 Å². The summed E-state index contributed by atoms with van der Waals surface area (Å²) in [5, 5.41) is 4.88. The first-order valence-electron chi connectivity index (χ1n) is 13.0. The second-order valence-corrected chi connectivity index (χ2v) is 10.3. The van der Waals surface area contributed by atoms with E-state index in [0.29, 0.717) is 48.1 Å². The Kier molecular flexibility index (Phi) is 6.72. The number of aromatic amines is 1. The molecule has 1 saturated carbocycles. The monoisotopic (exact) mass is 528 g/mol. The zero-order valence-corrected chi connectivity index (χ0v) is 21.7. The molecule has 2 fully saturated rings. The summed E-state index contributed by atoms with van der Waals surface area (Å²) >= 11 is 6.59. The third-order valence-corrected chi connectivity index (χ3v) is 7.61. The minimum atomic E-state index is -0.0135. The van der Waals surface area contributed by atoms with Gasteiger partial charge in [-0.15, -0.1) is 0 Å². The standard InChI is InChI=1S/C29H29ClN6O2/c1-2-26(37)36-12-10-18(11-13-36)22-15-31-28-27(22)29(33-17-32-28)35-20-8-9-25(23(30)14-20)38-16-21-4-3-5-24(34-21)19-6-7-19/h2-5,8-9,14-15,17-19H,1,6-7,10-13,16H2,(H2,31,32,33,35). The Labute approximate surface area is 226 Å². The van der Waals surface area contributed by atoms with E-state index < -0.39 is 0 Å². The summed E-state index contributed by atoms with van der Waals surface area (Å²) in [6.07, 6.45) is 9.11. The average molecular weight is 529 g/mol. The summed E-state index contributed by atoms with van der Waals surface area (Å²) in [6.45, 7) is 5.38. The second-order valence-electron chi connectivity index (χ2n) is 9.88. The number of aromatic nitrogens is 4. The number of carbonyl (C=O) groups is 1. The van der Waals surface area contributed by atoms with Crippen molar-refractivity contribution in [1.82, 2.24) is 24.8 Å². The van der Waals surface area contributed by atoms with Crippen LogP contribution in [0.1, 0.15) is 54.5 Å². The molecule has 194 valence electrons. The maximum Gasteiger partial charge on any atom is 0.245 e. The number of amides is 1. The largest absolute Gasteiger partial charge is 0.486 e. The Morgan fingerprint density at radius 1 is 1.16 bits per heavy atom. The van der Waals surface area contributed by atoms with Gasteiger partial charge in [-0.3, -0.25) is 9.78 Å². The summed E-state index contributed by atoms with van der Waals surface area (Å²) in [4.78, 5) is 30.8. The molecule has 1 aliphatic carbocycles. The van der Waals surface area contributed by atoms with Gasteiger partial charge in [0.1, 0.15) is 30.1 Å². The number of pyridine rings is 1. The Hall–Kier alpha value is -3.91. The molecule has 1 saturated heterocycles. The molecule has 38 heavy (non-hydrogen) atoms. The highest BCUT2D eigenvalue weighted by atomic mass is 35.5. The molecule has 0 spiro atoms. The lowest BCUT2D eigenvalue weighted by Crippen LogP contribution is -2.36. The van der Waals surface area contributed by atoms with E-state index >= 15 is 0 Å². The zero-order chi connectivity index (χ0) is 26.1. The summed E-state index contributed by atoms with van der Waals surface area (Å²) in [5.74, 6) is 2.21. The molecule has 4 aromatic rings. The number of benzene rings is 1. The number of ether oxygens (including phenoxy) is 1. The molecule has 2 N–H and O–H groups in total. The summed E-state index contributed by atoms with van der Waals surface area (Å²) < 4.78 is 5.99. The fourth-order valence-electron chi connectivity index (χ4n) is 5.11. The molecule has 9 heteroatoms. The van der Waals surface area contributed by atoms with Gasteiger partial charge in [0.2, 0.25) is 5.91 Å². The van der Waals surface area contributed by atoms with Crippen LogP contribution in [0.3, 0.4) is 0 Å². The van der Waals surface area contributed by atoms with Crippen molar-refractivity contribution in [1.29, 1.82) is 0 Å². The van der Waals surface area contributed by atoms with Crippen LogP contribution in [-0.4, -0.2) is 43.8 Å². The van der Waals surface area contributed by atoms with Crippen LogP contribution < -0.4 is 10.1 Å². The maximum atomic E-state index is 12.0. The third-order valence-electron chi connectivity index (χ3n) is 7.32. The van der Waals surface area contributed by atoms with Crippen LogP contribution in [0.25, 0.3) is 11.0 Å². The lowest BCUT2D eigenvalue weighted by Gasteiger charge is -2.31. The van der Waals surface area contributed by atoms with Crippen molar-refractivity contribution in [2.45, 2.75) is 44.1 Å². The highest BCUT2D eigenvalue weighted by molar-refractivity contribution is 6.32. The van der Waals surface area contributed by atoms with Crippen molar-refractivity contribution in [2.24, 2.45) is 0 Å². The number of piperidine rings is 1. The Balaban J connectivity index is 1.17. The highest BCUT2D eigenvalue weighted by Crippen LogP contribution is 2.39. The lowest BCUT2D eigenvalue weighted by molar-refractivity contribution is -0.127. The molecule has 1 aromatic carbocycles. The van der Waals surface area contributed by atoms with Crippen molar-refractivity contribution in [3.8, 4) is 5.75 Å². The predicted molar refractivity (Wildman–Crippen MR) is 148 cm³/mol. The van der Waals surface area contributed by atoms with Gasteiger partial charge in [0.25, 0.3) is 0 Å². The molecule has 1 aliphatic heterocycles. The molecular formula is C29H29ClN6O2. The van der Waals surface area contributed by atoms with Crippen LogP contribution in [0.15, 0.2) is 61.6 Å². The minimum absolute atomic E-state index is 0.0135. The van der Waals surface area contributed by atoms with Crippen molar-refractivity contribution in [2.75, 3.05) is 18.4 Å². The number of halogens is 1. The molecule has 0 radical (unpaired) electrons. The Morgan fingerprint density at radius 3 is 2.76 bits per heavy atom. The van der Waals surface area contributed by atoms with Gasteiger partial charge in [0.15, 0.2) is 0 Å². The van der Waals surface area contributed by atoms with Crippen molar-refractivity contribution < 1.29 is 9.53 Å². The van der Waals surface area contributed by atoms with Crippen LogP contribution in [0.2, 0.25) is 5.02 Å². The number of H-pyrrole nitrogens is 1. The smallest absolute Gasteiger partial charge is 0.245 e. The first kappa shape index (κ1) is 24.4. The number of anilines is 2.